The Balaban J connectivity index is 3.58. The molecule has 0 aromatic carbocycles. The Labute approximate surface area is 84.3 Å². The SMILES string of the molecule is CCn1c(C)c(N)c(=O)n1C(C)(C)C. The second-order valence-electron chi connectivity index (χ2n) is 4.50. The largest absolute Gasteiger partial charge is 0.393 e. The average molecular weight is 197 g/mol. The van der Waals surface area contributed by atoms with E-state index in [2.05, 4.69) is 0 Å². The van der Waals surface area contributed by atoms with E-state index in [-0.39, 0.29) is 11.1 Å². The molecule has 1 rings (SSSR count). The number of hydrogen-bond acceptors (Lipinski definition) is 2. The molecule has 1 aromatic rings. The normalized spacial score (nSPS) is 12.1. The van der Waals surface area contributed by atoms with Crippen molar-refractivity contribution in [2.75, 3.05) is 5.73 Å². The van der Waals surface area contributed by atoms with Gasteiger partial charge in [-0.25, -0.2) is 4.68 Å². The first kappa shape index (κ1) is 10.9. The third-order valence-corrected chi connectivity index (χ3v) is 2.38. The zero-order valence-electron chi connectivity index (χ0n) is 9.59. The molecule has 1 aromatic heterocycles. The van der Waals surface area contributed by atoms with Gasteiger partial charge in [0.15, 0.2) is 0 Å². The van der Waals surface area contributed by atoms with Crippen LogP contribution in [0, 0.1) is 6.92 Å². The Bertz CT molecular complexity index is 393. The molecule has 0 spiro atoms. The predicted molar refractivity (Wildman–Crippen MR) is 58.5 cm³/mol. The van der Waals surface area contributed by atoms with Gasteiger partial charge < -0.3 is 5.73 Å². The van der Waals surface area contributed by atoms with Gasteiger partial charge in [-0.3, -0.25) is 9.48 Å². The summed E-state index contributed by atoms with van der Waals surface area (Å²) in [5, 5.41) is 0. The summed E-state index contributed by atoms with van der Waals surface area (Å²) in [7, 11) is 0. The molecule has 0 unspecified atom stereocenters. The van der Waals surface area contributed by atoms with Crippen LogP contribution < -0.4 is 11.3 Å². The van der Waals surface area contributed by atoms with Crippen LogP contribution in [0.15, 0.2) is 4.79 Å². The summed E-state index contributed by atoms with van der Waals surface area (Å²) in [6, 6.07) is 0. The van der Waals surface area contributed by atoms with E-state index in [0.717, 1.165) is 12.2 Å². The highest BCUT2D eigenvalue weighted by molar-refractivity contribution is 5.40. The van der Waals surface area contributed by atoms with Crippen molar-refractivity contribution in [3.63, 3.8) is 0 Å². The maximum absolute atomic E-state index is 11.8. The molecule has 0 aliphatic heterocycles. The number of anilines is 1. The highest BCUT2D eigenvalue weighted by Crippen LogP contribution is 2.16. The average Bonchev–Trinajstić information content (AvgIpc) is 2.28. The first-order valence-electron chi connectivity index (χ1n) is 4.89. The fourth-order valence-corrected chi connectivity index (χ4v) is 1.71. The molecule has 0 amide bonds. The lowest BCUT2D eigenvalue weighted by Crippen LogP contribution is -2.37. The van der Waals surface area contributed by atoms with Gasteiger partial charge in [-0.05, 0) is 34.6 Å². The van der Waals surface area contributed by atoms with E-state index in [0.29, 0.717) is 5.69 Å². The number of aromatic nitrogens is 2. The lowest BCUT2D eigenvalue weighted by molar-refractivity contribution is 0.286. The second-order valence-corrected chi connectivity index (χ2v) is 4.50. The van der Waals surface area contributed by atoms with Gasteiger partial charge in [-0.2, -0.15) is 0 Å². The fourth-order valence-electron chi connectivity index (χ4n) is 1.71. The second kappa shape index (κ2) is 3.19. The molecule has 14 heavy (non-hydrogen) atoms. The monoisotopic (exact) mass is 197 g/mol. The van der Waals surface area contributed by atoms with E-state index in [1.54, 1.807) is 4.68 Å². The molecule has 4 heteroatoms. The number of rotatable bonds is 1. The quantitative estimate of drug-likeness (QED) is 0.738. The molecule has 1 heterocycles. The van der Waals surface area contributed by atoms with Gasteiger partial charge in [0.05, 0.1) is 11.2 Å². The molecule has 0 atom stereocenters. The van der Waals surface area contributed by atoms with Gasteiger partial charge >= 0.3 is 0 Å². The lowest BCUT2D eigenvalue weighted by atomic mass is 10.1. The number of nitrogens with zero attached hydrogens (tertiary/aromatic N) is 2. The molecule has 0 fully saturated rings. The predicted octanol–water partition coefficient (Wildman–Crippen LogP) is 1.32. The standard InChI is InChI=1S/C10H19N3O/c1-6-12-7(2)8(11)9(14)13(12)10(3,4)5/h6,11H2,1-5H3. The zero-order valence-corrected chi connectivity index (χ0v) is 9.59. The van der Waals surface area contributed by atoms with E-state index in [1.807, 2.05) is 39.3 Å². The van der Waals surface area contributed by atoms with Gasteiger partial charge in [0.25, 0.3) is 5.56 Å². The molecule has 80 valence electrons. The van der Waals surface area contributed by atoms with Crippen molar-refractivity contribution in [1.82, 2.24) is 9.36 Å². The first-order chi connectivity index (χ1) is 6.30. The number of hydrogen-bond donors (Lipinski definition) is 1. The molecule has 0 bridgehead atoms. The van der Waals surface area contributed by atoms with Crippen LogP contribution in [0.2, 0.25) is 0 Å². The molecule has 0 radical (unpaired) electrons. The van der Waals surface area contributed by atoms with Crippen LogP contribution >= 0.6 is 0 Å². The molecular formula is C10H19N3O. The topological polar surface area (TPSA) is 52.9 Å². The fraction of sp³-hybridized carbons (Fsp3) is 0.700. The van der Waals surface area contributed by atoms with E-state index >= 15 is 0 Å². The Morgan fingerprint density at radius 1 is 1.36 bits per heavy atom. The van der Waals surface area contributed by atoms with Crippen molar-refractivity contribution in [3.8, 4) is 0 Å². The molecule has 0 aliphatic carbocycles. The van der Waals surface area contributed by atoms with Gasteiger partial charge in [0.1, 0.15) is 5.69 Å². The van der Waals surface area contributed by atoms with Crippen molar-refractivity contribution in [2.45, 2.75) is 46.7 Å². The van der Waals surface area contributed by atoms with Crippen LogP contribution in [0.5, 0.6) is 0 Å². The van der Waals surface area contributed by atoms with Gasteiger partial charge in [-0.1, -0.05) is 0 Å². The van der Waals surface area contributed by atoms with Crippen LogP contribution in [0.3, 0.4) is 0 Å². The van der Waals surface area contributed by atoms with Crippen molar-refractivity contribution in [3.05, 3.63) is 16.0 Å². The highest BCUT2D eigenvalue weighted by atomic mass is 16.1. The molecule has 2 N–H and O–H groups in total. The Hall–Kier alpha value is -1.19. The molecule has 4 nitrogen and oxygen atoms in total. The molecular weight excluding hydrogens is 178 g/mol. The summed E-state index contributed by atoms with van der Waals surface area (Å²) in [6.07, 6.45) is 0. The Morgan fingerprint density at radius 3 is 2.14 bits per heavy atom. The van der Waals surface area contributed by atoms with Gasteiger partial charge in [0, 0.05) is 6.54 Å². The summed E-state index contributed by atoms with van der Waals surface area (Å²) in [4.78, 5) is 11.8. The minimum Gasteiger partial charge on any atom is -0.393 e. The summed E-state index contributed by atoms with van der Waals surface area (Å²) in [5.74, 6) is 0. The van der Waals surface area contributed by atoms with Crippen molar-refractivity contribution < 1.29 is 0 Å². The van der Waals surface area contributed by atoms with Crippen LogP contribution in [0.4, 0.5) is 5.69 Å². The summed E-state index contributed by atoms with van der Waals surface area (Å²) in [6.45, 7) is 10.6. The van der Waals surface area contributed by atoms with E-state index < -0.39 is 0 Å². The molecule has 0 aliphatic rings. The summed E-state index contributed by atoms with van der Waals surface area (Å²) < 4.78 is 3.65. The minimum atomic E-state index is -0.227. The summed E-state index contributed by atoms with van der Waals surface area (Å²) >= 11 is 0. The van der Waals surface area contributed by atoms with Gasteiger partial charge in [-0.15, -0.1) is 0 Å². The smallest absolute Gasteiger partial charge is 0.290 e. The third-order valence-electron chi connectivity index (χ3n) is 2.38. The van der Waals surface area contributed by atoms with Crippen molar-refractivity contribution >= 4 is 5.69 Å². The maximum atomic E-state index is 11.8. The molecule has 0 saturated carbocycles. The Morgan fingerprint density at radius 2 is 1.86 bits per heavy atom. The van der Waals surface area contributed by atoms with Crippen LogP contribution in [0.25, 0.3) is 0 Å². The highest BCUT2D eigenvalue weighted by Gasteiger charge is 2.22. The van der Waals surface area contributed by atoms with Crippen molar-refractivity contribution in [2.24, 2.45) is 0 Å². The molecule has 0 saturated heterocycles. The lowest BCUT2D eigenvalue weighted by Gasteiger charge is -2.24. The van der Waals surface area contributed by atoms with Crippen molar-refractivity contribution in [1.29, 1.82) is 0 Å². The van der Waals surface area contributed by atoms with Gasteiger partial charge in [0.2, 0.25) is 0 Å². The van der Waals surface area contributed by atoms with E-state index in [1.165, 1.54) is 0 Å². The Kier molecular flexibility index (Phi) is 2.48. The summed E-state index contributed by atoms with van der Waals surface area (Å²) in [5.41, 5.74) is 6.63. The zero-order chi connectivity index (χ0) is 11.1. The number of nitrogens with two attached hydrogens (primary N) is 1. The van der Waals surface area contributed by atoms with E-state index in [9.17, 15) is 4.79 Å². The maximum Gasteiger partial charge on any atom is 0.290 e. The van der Waals surface area contributed by atoms with Crippen LogP contribution in [-0.2, 0) is 12.1 Å². The first-order valence-corrected chi connectivity index (χ1v) is 4.89. The third kappa shape index (κ3) is 1.45. The number of nitrogen functional groups attached to an aromatic ring is 1. The van der Waals surface area contributed by atoms with E-state index in [4.69, 9.17) is 5.73 Å². The van der Waals surface area contributed by atoms with Crippen LogP contribution in [-0.4, -0.2) is 9.36 Å². The minimum absolute atomic E-state index is 0.0862. The van der Waals surface area contributed by atoms with Crippen LogP contribution in [0.1, 0.15) is 33.4 Å².